The molecule has 4 nitrogen and oxygen atoms in total. The molecule has 0 bridgehead atoms. The lowest BCUT2D eigenvalue weighted by atomic mass is 10.0. The Bertz CT molecular complexity index is 830. The second-order valence-corrected chi connectivity index (χ2v) is 7.04. The molecule has 2 aromatic carbocycles. The van der Waals surface area contributed by atoms with Crippen molar-refractivity contribution in [1.29, 1.82) is 0 Å². The monoisotopic (exact) mass is 381 g/mol. The van der Waals surface area contributed by atoms with Crippen molar-refractivity contribution in [3.8, 4) is 0 Å². The number of ketones is 1. The molecule has 1 N–H and O–H groups in total. The number of ether oxygens (including phenoxy) is 1. The van der Waals surface area contributed by atoms with Gasteiger partial charge < -0.3 is 4.74 Å². The number of benzene rings is 2. The molecule has 0 aliphatic heterocycles. The maximum absolute atomic E-state index is 14.7. The molecule has 0 spiro atoms. The number of anilines is 1. The highest BCUT2D eigenvalue weighted by Gasteiger charge is 2.22. The van der Waals surface area contributed by atoms with Crippen LogP contribution in [-0.4, -0.2) is 17.5 Å². The van der Waals surface area contributed by atoms with Crippen molar-refractivity contribution in [2.75, 3.05) is 5.32 Å². The van der Waals surface area contributed by atoms with E-state index in [1.165, 1.54) is 36.4 Å². The van der Waals surface area contributed by atoms with Crippen molar-refractivity contribution < 1.29 is 23.1 Å². The fourth-order valence-electron chi connectivity index (χ4n) is 2.19. The number of carbonyl (C=O) groups is 2. The summed E-state index contributed by atoms with van der Waals surface area (Å²) < 4.78 is 32.7. The number of nitrogens with one attached hydrogen (secondary N) is 1. The number of halogens is 3. The van der Waals surface area contributed by atoms with Gasteiger partial charge in [0.2, 0.25) is 0 Å². The lowest BCUT2D eigenvalue weighted by Gasteiger charge is -2.20. The Morgan fingerprint density at radius 2 is 1.69 bits per heavy atom. The molecule has 7 heteroatoms. The van der Waals surface area contributed by atoms with Gasteiger partial charge in [0.15, 0.2) is 11.6 Å². The Morgan fingerprint density at radius 3 is 2.27 bits per heavy atom. The van der Waals surface area contributed by atoms with E-state index in [2.05, 4.69) is 5.32 Å². The second-order valence-electron chi connectivity index (χ2n) is 6.64. The normalized spacial score (nSPS) is 11.2. The van der Waals surface area contributed by atoms with Crippen LogP contribution in [0.25, 0.3) is 0 Å². The second kappa shape index (κ2) is 7.83. The van der Waals surface area contributed by atoms with Gasteiger partial charge in [-0.3, -0.25) is 10.1 Å². The molecule has 0 heterocycles. The highest BCUT2D eigenvalue weighted by Crippen LogP contribution is 2.27. The predicted octanol–water partition coefficient (Wildman–Crippen LogP) is 5.39. The molecule has 0 aliphatic rings. The molecule has 0 radical (unpaired) electrons. The molecule has 138 valence electrons. The van der Waals surface area contributed by atoms with Crippen molar-refractivity contribution in [1.82, 2.24) is 0 Å². The molecule has 2 rings (SSSR count). The van der Waals surface area contributed by atoms with Gasteiger partial charge >= 0.3 is 6.09 Å². The standard InChI is InChI=1S/C19H18ClF2NO3/c1-19(2,3)26-18(25)23-14-9-8-13(20)16(17(14)22)15(24)10-11-4-6-12(21)7-5-11/h4-9H,10H2,1-3H3,(H,23,25). The third-order valence-corrected chi connectivity index (χ3v) is 3.60. The van der Waals surface area contributed by atoms with Crippen LogP contribution in [0, 0.1) is 11.6 Å². The largest absolute Gasteiger partial charge is 0.444 e. The van der Waals surface area contributed by atoms with Gasteiger partial charge in [-0.2, -0.15) is 0 Å². The number of Topliss-reactive ketones (excluding diaryl/α,β-unsaturated/α-hetero) is 1. The minimum Gasteiger partial charge on any atom is -0.444 e. The highest BCUT2D eigenvalue weighted by molar-refractivity contribution is 6.34. The van der Waals surface area contributed by atoms with Crippen LogP contribution in [0.4, 0.5) is 19.3 Å². The molecule has 1 amide bonds. The highest BCUT2D eigenvalue weighted by atomic mass is 35.5. The van der Waals surface area contributed by atoms with Crippen molar-refractivity contribution in [2.24, 2.45) is 0 Å². The molecule has 2 aromatic rings. The average Bonchev–Trinajstić information content (AvgIpc) is 2.51. The van der Waals surface area contributed by atoms with E-state index in [0.29, 0.717) is 5.56 Å². The maximum Gasteiger partial charge on any atom is 0.412 e. The lowest BCUT2D eigenvalue weighted by Crippen LogP contribution is -2.27. The lowest BCUT2D eigenvalue weighted by molar-refractivity contribution is 0.0634. The van der Waals surface area contributed by atoms with E-state index >= 15 is 0 Å². The molecular formula is C19H18ClF2NO3. The SMILES string of the molecule is CC(C)(C)OC(=O)Nc1ccc(Cl)c(C(=O)Cc2ccc(F)cc2)c1F. The molecule has 0 fully saturated rings. The summed E-state index contributed by atoms with van der Waals surface area (Å²) in [5.74, 6) is -1.98. The molecule has 26 heavy (non-hydrogen) atoms. The van der Waals surface area contributed by atoms with Crippen LogP contribution < -0.4 is 5.32 Å². The van der Waals surface area contributed by atoms with Gasteiger partial charge in [0.1, 0.15) is 11.4 Å². The minimum absolute atomic E-state index is 0.0793. The number of carbonyl (C=O) groups excluding carboxylic acids is 2. The van der Waals surface area contributed by atoms with Crippen LogP contribution in [-0.2, 0) is 11.2 Å². The predicted molar refractivity (Wildman–Crippen MR) is 95.7 cm³/mol. The molecule has 0 saturated carbocycles. The summed E-state index contributed by atoms with van der Waals surface area (Å²) in [6.07, 6.45) is -1.01. The van der Waals surface area contributed by atoms with Gasteiger partial charge in [-0.25, -0.2) is 13.6 Å². The molecule has 0 aromatic heterocycles. The van der Waals surface area contributed by atoms with Crippen LogP contribution in [0.2, 0.25) is 5.02 Å². The molecule has 0 atom stereocenters. The van der Waals surface area contributed by atoms with Gasteiger partial charge in [-0.15, -0.1) is 0 Å². The Balaban J connectivity index is 2.24. The zero-order chi connectivity index (χ0) is 19.5. The van der Waals surface area contributed by atoms with E-state index in [1.54, 1.807) is 20.8 Å². The van der Waals surface area contributed by atoms with Crippen LogP contribution in [0.5, 0.6) is 0 Å². The van der Waals surface area contributed by atoms with Gasteiger partial charge in [0.05, 0.1) is 16.3 Å². The topological polar surface area (TPSA) is 55.4 Å². The third kappa shape index (κ3) is 5.26. The van der Waals surface area contributed by atoms with Crippen molar-refractivity contribution in [3.05, 3.63) is 64.2 Å². The van der Waals surface area contributed by atoms with E-state index in [-0.39, 0.29) is 22.7 Å². The Hall–Kier alpha value is -2.47. The van der Waals surface area contributed by atoms with E-state index in [1.807, 2.05) is 0 Å². The first-order chi connectivity index (χ1) is 12.1. The number of rotatable bonds is 4. The molecule has 0 unspecified atom stereocenters. The first kappa shape index (κ1) is 19.8. The number of amides is 1. The van der Waals surface area contributed by atoms with Crippen molar-refractivity contribution in [2.45, 2.75) is 32.8 Å². The summed E-state index contributed by atoms with van der Waals surface area (Å²) in [6, 6.07) is 7.84. The van der Waals surface area contributed by atoms with Gasteiger partial charge in [-0.1, -0.05) is 23.7 Å². The first-order valence-electron chi connectivity index (χ1n) is 7.82. The quantitative estimate of drug-likeness (QED) is 0.722. The maximum atomic E-state index is 14.7. The Morgan fingerprint density at radius 1 is 1.08 bits per heavy atom. The summed E-state index contributed by atoms with van der Waals surface area (Å²) in [6.45, 7) is 5.01. The zero-order valence-electron chi connectivity index (χ0n) is 14.5. The summed E-state index contributed by atoms with van der Waals surface area (Å²) >= 11 is 5.97. The van der Waals surface area contributed by atoms with Gasteiger partial charge in [0.25, 0.3) is 0 Å². The number of hydrogen-bond donors (Lipinski definition) is 1. The fourth-order valence-corrected chi connectivity index (χ4v) is 2.45. The van der Waals surface area contributed by atoms with Crippen LogP contribution >= 0.6 is 11.6 Å². The smallest absolute Gasteiger partial charge is 0.412 e. The van der Waals surface area contributed by atoms with Crippen molar-refractivity contribution >= 4 is 29.2 Å². The molecular weight excluding hydrogens is 364 g/mol. The molecule has 0 aliphatic carbocycles. The number of hydrogen-bond acceptors (Lipinski definition) is 3. The fraction of sp³-hybridized carbons (Fsp3) is 0.263. The van der Waals surface area contributed by atoms with Crippen LogP contribution in [0.15, 0.2) is 36.4 Å². The van der Waals surface area contributed by atoms with Crippen molar-refractivity contribution in [3.63, 3.8) is 0 Å². The third-order valence-electron chi connectivity index (χ3n) is 3.28. The molecule has 0 saturated heterocycles. The van der Waals surface area contributed by atoms with Gasteiger partial charge in [-0.05, 0) is 50.6 Å². The van der Waals surface area contributed by atoms with Crippen LogP contribution in [0.1, 0.15) is 36.7 Å². The summed E-state index contributed by atoms with van der Waals surface area (Å²) in [5, 5.41) is 2.18. The first-order valence-corrected chi connectivity index (χ1v) is 8.20. The summed E-state index contributed by atoms with van der Waals surface area (Å²) in [5.41, 5.74) is -0.804. The van der Waals surface area contributed by atoms with E-state index in [4.69, 9.17) is 16.3 Å². The Labute approximate surface area is 155 Å². The van der Waals surface area contributed by atoms with Crippen LogP contribution in [0.3, 0.4) is 0 Å². The van der Waals surface area contributed by atoms with E-state index < -0.39 is 29.1 Å². The Kier molecular flexibility index (Phi) is 5.97. The average molecular weight is 382 g/mol. The van der Waals surface area contributed by atoms with E-state index in [9.17, 15) is 18.4 Å². The summed E-state index contributed by atoms with van der Waals surface area (Å²) in [4.78, 5) is 24.3. The summed E-state index contributed by atoms with van der Waals surface area (Å²) in [7, 11) is 0. The zero-order valence-corrected chi connectivity index (χ0v) is 15.3. The minimum atomic E-state index is -0.949. The van der Waals surface area contributed by atoms with Gasteiger partial charge in [0, 0.05) is 6.42 Å². The van der Waals surface area contributed by atoms with E-state index in [0.717, 1.165) is 0 Å².